The average Bonchev–Trinajstić information content (AvgIpc) is 2.86. The first-order valence-corrected chi connectivity index (χ1v) is 7.08. The number of anilines is 1. The van der Waals surface area contributed by atoms with Gasteiger partial charge in [-0.15, -0.1) is 0 Å². The monoisotopic (exact) mass is 261 g/mol. The molecule has 1 aromatic rings. The predicted molar refractivity (Wildman–Crippen MR) is 75.2 cm³/mol. The minimum absolute atomic E-state index is 0.325. The van der Waals surface area contributed by atoms with Crippen molar-refractivity contribution in [2.24, 2.45) is 16.7 Å². The van der Waals surface area contributed by atoms with Crippen molar-refractivity contribution < 1.29 is 4.74 Å². The number of aromatic nitrogens is 2. The van der Waals surface area contributed by atoms with E-state index in [9.17, 15) is 0 Å². The summed E-state index contributed by atoms with van der Waals surface area (Å²) in [4.78, 5) is 8.39. The minimum atomic E-state index is 0.325. The molecule has 3 unspecified atom stereocenters. The molecule has 0 aliphatic heterocycles. The second kappa shape index (κ2) is 4.09. The van der Waals surface area contributed by atoms with Gasteiger partial charge >= 0.3 is 0 Å². The summed E-state index contributed by atoms with van der Waals surface area (Å²) in [6.07, 6.45) is 5.58. The maximum absolute atomic E-state index is 5.17. The number of hydrogen-bond acceptors (Lipinski definition) is 4. The number of nitrogens with zero attached hydrogens (tertiary/aromatic N) is 2. The Hall–Kier alpha value is -1.32. The lowest BCUT2D eigenvalue weighted by Gasteiger charge is -2.43. The summed E-state index contributed by atoms with van der Waals surface area (Å²) in [7, 11) is 1.63. The zero-order valence-electron chi connectivity index (χ0n) is 12.2. The van der Waals surface area contributed by atoms with Crippen LogP contribution in [0.3, 0.4) is 0 Å². The number of hydrogen-bond donors (Lipinski definition) is 1. The molecule has 2 bridgehead atoms. The maximum Gasteiger partial charge on any atom is 0.218 e. The molecule has 2 fully saturated rings. The van der Waals surface area contributed by atoms with Gasteiger partial charge in [0.25, 0.3) is 0 Å². The van der Waals surface area contributed by atoms with Crippen LogP contribution in [0, 0.1) is 16.7 Å². The summed E-state index contributed by atoms with van der Waals surface area (Å²) in [5, 5.41) is 3.65. The van der Waals surface area contributed by atoms with Crippen LogP contribution in [0.2, 0.25) is 0 Å². The molecule has 1 heterocycles. The predicted octanol–water partition coefficient (Wildman–Crippen LogP) is 3.11. The van der Waals surface area contributed by atoms with Crippen molar-refractivity contribution >= 4 is 5.82 Å². The SMILES string of the molecule is COc1cc(NC2C3(C)CCC(C3)C2(C)C)ncn1. The summed E-state index contributed by atoms with van der Waals surface area (Å²) in [5.74, 6) is 2.32. The van der Waals surface area contributed by atoms with Crippen molar-refractivity contribution in [3.63, 3.8) is 0 Å². The molecule has 0 amide bonds. The van der Waals surface area contributed by atoms with Gasteiger partial charge in [0.2, 0.25) is 5.88 Å². The van der Waals surface area contributed by atoms with E-state index in [0.29, 0.717) is 22.8 Å². The lowest BCUT2D eigenvalue weighted by molar-refractivity contribution is 0.155. The van der Waals surface area contributed by atoms with E-state index in [1.54, 1.807) is 13.4 Å². The van der Waals surface area contributed by atoms with Crippen LogP contribution in [-0.2, 0) is 0 Å². The molecule has 1 N–H and O–H groups in total. The smallest absolute Gasteiger partial charge is 0.218 e. The topological polar surface area (TPSA) is 47.0 Å². The summed E-state index contributed by atoms with van der Waals surface area (Å²) < 4.78 is 5.17. The summed E-state index contributed by atoms with van der Waals surface area (Å²) in [6.45, 7) is 7.19. The van der Waals surface area contributed by atoms with Gasteiger partial charge < -0.3 is 10.1 Å². The van der Waals surface area contributed by atoms with Crippen molar-refractivity contribution in [1.29, 1.82) is 0 Å². The molecule has 2 aliphatic rings. The van der Waals surface area contributed by atoms with Gasteiger partial charge in [0, 0.05) is 12.1 Å². The Bertz CT molecular complexity index is 483. The highest BCUT2D eigenvalue weighted by atomic mass is 16.5. The summed E-state index contributed by atoms with van der Waals surface area (Å²) >= 11 is 0. The molecule has 3 atom stereocenters. The van der Waals surface area contributed by atoms with Crippen LogP contribution in [0.5, 0.6) is 5.88 Å². The quantitative estimate of drug-likeness (QED) is 0.908. The highest BCUT2D eigenvalue weighted by Crippen LogP contribution is 2.63. The normalized spacial score (nSPS) is 35.4. The zero-order chi connectivity index (χ0) is 13.7. The van der Waals surface area contributed by atoms with Crippen LogP contribution in [0.15, 0.2) is 12.4 Å². The van der Waals surface area contributed by atoms with E-state index in [1.807, 2.05) is 6.07 Å². The van der Waals surface area contributed by atoms with E-state index >= 15 is 0 Å². The Morgan fingerprint density at radius 1 is 1.32 bits per heavy atom. The minimum Gasteiger partial charge on any atom is -0.481 e. The number of rotatable bonds is 3. The van der Waals surface area contributed by atoms with Crippen molar-refractivity contribution in [3.8, 4) is 5.88 Å². The molecule has 0 aromatic carbocycles. The first-order valence-electron chi connectivity index (χ1n) is 7.08. The Kier molecular flexibility index (Phi) is 2.73. The second-order valence-corrected chi connectivity index (χ2v) is 6.94. The third-order valence-corrected chi connectivity index (χ3v) is 5.41. The van der Waals surface area contributed by atoms with Gasteiger partial charge in [-0.05, 0) is 36.0 Å². The van der Waals surface area contributed by atoms with Crippen LogP contribution >= 0.6 is 0 Å². The molecule has 0 saturated heterocycles. The molecule has 0 radical (unpaired) electrons. The molecule has 104 valence electrons. The van der Waals surface area contributed by atoms with Crippen LogP contribution in [-0.4, -0.2) is 23.1 Å². The van der Waals surface area contributed by atoms with Crippen molar-refractivity contribution in [1.82, 2.24) is 9.97 Å². The molecule has 2 aliphatic carbocycles. The molecular weight excluding hydrogens is 238 g/mol. The lowest BCUT2D eigenvalue weighted by Crippen LogP contribution is -2.45. The fraction of sp³-hybridized carbons (Fsp3) is 0.733. The Labute approximate surface area is 115 Å². The van der Waals surface area contributed by atoms with E-state index in [2.05, 4.69) is 36.1 Å². The summed E-state index contributed by atoms with van der Waals surface area (Å²) in [5.41, 5.74) is 0.720. The second-order valence-electron chi connectivity index (χ2n) is 6.94. The Morgan fingerprint density at radius 3 is 2.74 bits per heavy atom. The average molecular weight is 261 g/mol. The molecule has 2 saturated carbocycles. The van der Waals surface area contributed by atoms with Crippen molar-refractivity contribution in [2.75, 3.05) is 12.4 Å². The fourth-order valence-corrected chi connectivity index (χ4v) is 4.34. The van der Waals surface area contributed by atoms with Crippen molar-refractivity contribution in [3.05, 3.63) is 12.4 Å². The van der Waals surface area contributed by atoms with E-state index in [1.165, 1.54) is 19.3 Å². The van der Waals surface area contributed by atoms with Gasteiger partial charge in [0.1, 0.15) is 12.1 Å². The zero-order valence-corrected chi connectivity index (χ0v) is 12.2. The van der Waals surface area contributed by atoms with E-state index in [-0.39, 0.29) is 0 Å². The molecular formula is C15H23N3O. The number of nitrogens with one attached hydrogen (secondary N) is 1. The molecule has 19 heavy (non-hydrogen) atoms. The standard InChI is InChI=1S/C15H23N3O/c1-14(2)10-5-6-15(3,8-10)13(14)18-11-7-12(19-4)17-9-16-11/h7,9-10,13H,5-6,8H2,1-4H3,(H,16,17,18). The van der Waals surface area contributed by atoms with E-state index in [4.69, 9.17) is 4.74 Å². The van der Waals surface area contributed by atoms with Crippen LogP contribution < -0.4 is 10.1 Å². The third kappa shape index (κ3) is 1.88. The van der Waals surface area contributed by atoms with Crippen molar-refractivity contribution in [2.45, 2.75) is 46.1 Å². The van der Waals surface area contributed by atoms with E-state index in [0.717, 1.165) is 11.7 Å². The van der Waals surface area contributed by atoms with Gasteiger partial charge in [0.05, 0.1) is 7.11 Å². The third-order valence-electron chi connectivity index (χ3n) is 5.41. The van der Waals surface area contributed by atoms with Gasteiger partial charge in [0.15, 0.2) is 0 Å². The highest BCUT2D eigenvalue weighted by molar-refractivity contribution is 5.40. The molecule has 1 aromatic heterocycles. The van der Waals surface area contributed by atoms with Crippen LogP contribution in [0.4, 0.5) is 5.82 Å². The van der Waals surface area contributed by atoms with Gasteiger partial charge in [-0.3, -0.25) is 0 Å². The van der Waals surface area contributed by atoms with Crippen LogP contribution in [0.1, 0.15) is 40.0 Å². The number of methoxy groups -OCH3 is 1. The van der Waals surface area contributed by atoms with Gasteiger partial charge in [-0.1, -0.05) is 20.8 Å². The van der Waals surface area contributed by atoms with E-state index < -0.39 is 0 Å². The number of ether oxygens (including phenoxy) is 1. The highest BCUT2D eigenvalue weighted by Gasteiger charge is 2.59. The van der Waals surface area contributed by atoms with Gasteiger partial charge in [-0.25, -0.2) is 9.97 Å². The Morgan fingerprint density at radius 2 is 2.11 bits per heavy atom. The first kappa shape index (κ1) is 12.7. The fourth-order valence-electron chi connectivity index (χ4n) is 4.34. The number of fused-ring (bicyclic) bond motifs is 2. The summed E-state index contributed by atoms with van der Waals surface area (Å²) in [6, 6.07) is 2.35. The lowest BCUT2D eigenvalue weighted by atomic mass is 9.68. The van der Waals surface area contributed by atoms with Crippen LogP contribution in [0.25, 0.3) is 0 Å². The molecule has 0 spiro atoms. The Balaban J connectivity index is 1.86. The molecule has 4 heteroatoms. The molecule has 3 rings (SSSR count). The first-order chi connectivity index (χ1) is 8.95. The molecule has 4 nitrogen and oxygen atoms in total. The van der Waals surface area contributed by atoms with Gasteiger partial charge in [-0.2, -0.15) is 0 Å². The largest absolute Gasteiger partial charge is 0.481 e. The maximum atomic E-state index is 5.17.